The Labute approximate surface area is 82.3 Å². The molecule has 1 aliphatic heterocycles. The van der Waals surface area contributed by atoms with Gasteiger partial charge < -0.3 is 9.84 Å². The van der Waals surface area contributed by atoms with E-state index in [2.05, 4.69) is 0 Å². The van der Waals surface area contributed by atoms with Crippen LogP contribution in [0.2, 0.25) is 0 Å². The van der Waals surface area contributed by atoms with Crippen molar-refractivity contribution in [2.45, 2.75) is 18.9 Å². The Morgan fingerprint density at radius 1 is 1.36 bits per heavy atom. The van der Waals surface area contributed by atoms with Crippen molar-refractivity contribution in [3.63, 3.8) is 0 Å². The zero-order valence-electron chi connectivity index (χ0n) is 7.77. The second-order valence-electron chi connectivity index (χ2n) is 3.43. The molecule has 14 heavy (non-hydrogen) atoms. The first-order chi connectivity index (χ1) is 6.77. The maximum Gasteiger partial charge on any atom is 0.335 e. The molecule has 1 fully saturated rings. The van der Waals surface area contributed by atoms with Crippen LogP contribution in [-0.2, 0) is 4.74 Å². The zero-order valence-corrected chi connectivity index (χ0v) is 7.77. The van der Waals surface area contributed by atoms with Crippen LogP contribution in [0.15, 0.2) is 24.3 Å². The third-order valence-electron chi connectivity index (χ3n) is 2.46. The molecule has 2 rings (SSSR count). The predicted molar refractivity (Wildman–Crippen MR) is 51.3 cm³/mol. The molecule has 1 aliphatic rings. The fourth-order valence-corrected chi connectivity index (χ4v) is 1.68. The largest absolute Gasteiger partial charge is 0.478 e. The van der Waals surface area contributed by atoms with E-state index in [0.29, 0.717) is 5.56 Å². The van der Waals surface area contributed by atoms with E-state index in [9.17, 15) is 4.79 Å². The van der Waals surface area contributed by atoms with Crippen LogP contribution in [0.3, 0.4) is 0 Å². The number of aromatic carboxylic acids is 1. The number of hydrogen-bond donors (Lipinski definition) is 1. The average Bonchev–Trinajstić information content (AvgIpc) is 2.71. The van der Waals surface area contributed by atoms with E-state index in [4.69, 9.17) is 9.84 Å². The van der Waals surface area contributed by atoms with E-state index in [0.717, 1.165) is 25.0 Å². The summed E-state index contributed by atoms with van der Waals surface area (Å²) in [5.41, 5.74) is 1.40. The molecular formula is C11H12O3. The molecule has 74 valence electrons. The minimum absolute atomic E-state index is 0.165. The summed E-state index contributed by atoms with van der Waals surface area (Å²) in [6.07, 6.45) is 2.29. The van der Waals surface area contributed by atoms with E-state index < -0.39 is 5.97 Å². The molecule has 0 saturated carbocycles. The maximum atomic E-state index is 10.6. The van der Waals surface area contributed by atoms with Crippen molar-refractivity contribution in [3.8, 4) is 0 Å². The Balaban J connectivity index is 2.16. The van der Waals surface area contributed by atoms with Crippen molar-refractivity contribution in [1.82, 2.24) is 0 Å². The number of benzene rings is 1. The summed E-state index contributed by atoms with van der Waals surface area (Å²) in [5, 5.41) is 8.71. The van der Waals surface area contributed by atoms with Crippen LogP contribution in [0.5, 0.6) is 0 Å². The molecule has 1 aromatic carbocycles. The molecule has 0 aromatic heterocycles. The van der Waals surface area contributed by atoms with E-state index in [-0.39, 0.29) is 6.10 Å². The van der Waals surface area contributed by atoms with Crippen molar-refractivity contribution < 1.29 is 14.6 Å². The van der Waals surface area contributed by atoms with E-state index in [1.807, 2.05) is 12.1 Å². The van der Waals surface area contributed by atoms with Crippen molar-refractivity contribution in [2.75, 3.05) is 6.61 Å². The smallest absolute Gasteiger partial charge is 0.335 e. The van der Waals surface area contributed by atoms with Gasteiger partial charge in [0, 0.05) is 6.61 Å². The highest BCUT2D eigenvalue weighted by atomic mass is 16.5. The van der Waals surface area contributed by atoms with Gasteiger partial charge in [0.1, 0.15) is 0 Å². The number of ether oxygens (including phenoxy) is 1. The van der Waals surface area contributed by atoms with Crippen LogP contribution in [0.1, 0.15) is 34.9 Å². The first-order valence-corrected chi connectivity index (χ1v) is 4.72. The second kappa shape index (κ2) is 3.80. The summed E-state index contributed by atoms with van der Waals surface area (Å²) in [6, 6.07) is 6.91. The van der Waals surface area contributed by atoms with Crippen LogP contribution in [-0.4, -0.2) is 17.7 Å². The number of carbonyl (C=O) groups is 1. The Morgan fingerprint density at radius 2 is 2.07 bits per heavy atom. The Kier molecular flexibility index (Phi) is 2.50. The lowest BCUT2D eigenvalue weighted by molar-refractivity contribution is 0.0696. The Hall–Kier alpha value is -1.35. The van der Waals surface area contributed by atoms with Gasteiger partial charge in [-0.15, -0.1) is 0 Å². The normalized spacial score (nSPS) is 21.0. The van der Waals surface area contributed by atoms with E-state index in [1.54, 1.807) is 12.1 Å². The van der Waals surface area contributed by atoms with E-state index >= 15 is 0 Å². The lowest BCUT2D eigenvalue weighted by Gasteiger charge is -2.09. The zero-order chi connectivity index (χ0) is 9.97. The van der Waals surface area contributed by atoms with Gasteiger partial charge in [0.05, 0.1) is 11.7 Å². The van der Waals surface area contributed by atoms with Gasteiger partial charge in [-0.25, -0.2) is 4.79 Å². The summed E-state index contributed by atoms with van der Waals surface area (Å²) in [4.78, 5) is 10.6. The third kappa shape index (κ3) is 1.77. The van der Waals surface area contributed by atoms with Gasteiger partial charge in [0.15, 0.2) is 0 Å². The highest BCUT2D eigenvalue weighted by molar-refractivity contribution is 5.87. The predicted octanol–water partition coefficient (Wildman–Crippen LogP) is 2.24. The van der Waals surface area contributed by atoms with E-state index in [1.165, 1.54) is 0 Å². The number of carboxylic acids is 1. The number of hydrogen-bond acceptors (Lipinski definition) is 2. The topological polar surface area (TPSA) is 46.5 Å². The monoisotopic (exact) mass is 192 g/mol. The fourth-order valence-electron chi connectivity index (χ4n) is 1.68. The Morgan fingerprint density at radius 3 is 2.57 bits per heavy atom. The average molecular weight is 192 g/mol. The molecule has 1 N–H and O–H groups in total. The summed E-state index contributed by atoms with van der Waals surface area (Å²) >= 11 is 0. The van der Waals surface area contributed by atoms with Gasteiger partial charge in [-0.1, -0.05) is 12.1 Å². The minimum Gasteiger partial charge on any atom is -0.478 e. The van der Waals surface area contributed by atoms with Crippen molar-refractivity contribution in [2.24, 2.45) is 0 Å². The van der Waals surface area contributed by atoms with Gasteiger partial charge in [-0.3, -0.25) is 0 Å². The highest BCUT2D eigenvalue weighted by Gasteiger charge is 2.17. The molecule has 0 bridgehead atoms. The van der Waals surface area contributed by atoms with Gasteiger partial charge in [-0.05, 0) is 30.5 Å². The summed E-state index contributed by atoms with van der Waals surface area (Å²) in [5.74, 6) is -0.885. The quantitative estimate of drug-likeness (QED) is 0.781. The molecule has 0 amide bonds. The van der Waals surface area contributed by atoms with Crippen LogP contribution in [0, 0.1) is 0 Å². The molecule has 1 unspecified atom stereocenters. The van der Waals surface area contributed by atoms with Crippen LogP contribution in [0.4, 0.5) is 0 Å². The molecule has 1 aromatic rings. The van der Waals surface area contributed by atoms with Gasteiger partial charge in [-0.2, -0.15) is 0 Å². The van der Waals surface area contributed by atoms with Gasteiger partial charge >= 0.3 is 5.97 Å². The van der Waals surface area contributed by atoms with Gasteiger partial charge in [0.25, 0.3) is 0 Å². The molecule has 1 saturated heterocycles. The summed E-state index contributed by atoms with van der Waals surface area (Å²) < 4.78 is 5.49. The molecule has 0 radical (unpaired) electrons. The molecule has 1 heterocycles. The second-order valence-corrected chi connectivity index (χ2v) is 3.43. The Bertz CT molecular complexity index is 323. The number of rotatable bonds is 2. The molecule has 1 atom stereocenters. The van der Waals surface area contributed by atoms with Crippen molar-refractivity contribution in [3.05, 3.63) is 35.4 Å². The van der Waals surface area contributed by atoms with Crippen LogP contribution in [0.25, 0.3) is 0 Å². The molecule has 3 heteroatoms. The number of carboxylic acid groups (broad SMARTS) is 1. The third-order valence-corrected chi connectivity index (χ3v) is 2.46. The summed E-state index contributed by atoms with van der Waals surface area (Å²) in [7, 11) is 0. The lowest BCUT2D eigenvalue weighted by Crippen LogP contribution is -1.99. The highest BCUT2D eigenvalue weighted by Crippen LogP contribution is 2.28. The molecule has 0 spiro atoms. The summed E-state index contributed by atoms with van der Waals surface area (Å²) in [6.45, 7) is 0.811. The van der Waals surface area contributed by atoms with Crippen LogP contribution < -0.4 is 0 Å². The molecule has 0 aliphatic carbocycles. The maximum absolute atomic E-state index is 10.6. The lowest BCUT2D eigenvalue weighted by atomic mass is 10.1. The van der Waals surface area contributed by atoms with Gasteiger partial charge in [0.2, 0.25) is 0 Å². The SMILES string of the molecule is O=C(O)c1ccc(C2CCCO2)cc1. The first-order valence-electron chi connectivity index (χ1n) is 4.72. The van der Waals surface area contributed by atoms with Crippen molar-refractivity contribution >= 4 is 5.97 Å². The standard InChI is InChI=1S/C11H12O3/c12-11(13)9-5-3-8(4-6-9)10-2-1-7-14-10/h3-6,10H,1-2,7H2,(H,12,13). The molecular weight excluding hydrogens is 180 g/mol. The fraction of sp³-hybridized carbons (Fsp3) is 0.364. The first kappa shape index (κ1) is 9.21. The molecule has 3 nitrogen and oxygen atoms in total. The van der Waals surface area contributed by atoms with Crippen LogP contribution >= 0.6 is 0 Å². The minimum atomic E-state index is -0.885. The van der Waals surface area contributed by atoms with Crippen molar-refractivity contribution in [1.29, 1.82) is 0 Å².